The van der Waals surface area contributed by atoms with E-state index in [1.54, 1.807) is 0 Å². The van der Waals surface area contributed by atoms with Gasteiger partial charge in [0.15, 0.2) is 11.5 Å². The zero-order valence-corrected chi connectivity index (χ0v) is 15.7. The molecule has 8 nitrogen and oxygen atoms in total. The van der Waals surface area contributed by atoms with Gasteiger partial charge in [0.1, 0.15) is 0 Å². The molecular formula is C20H23NO7. The van der Waals surface area contributed by atoms with Crippen LogP contribution in [0.15, 0.2) is 30.3 Å². The van der Waals surface area contributed by atoms with E-state index in [9.17, 15) is 5.11 Å². The molecule has 2 aromatic carbocycles. The Bertz CT molecular complexity index is 827. The van der Waals surface area contributed by atoms with E-state index in [1.165, 1.54) is 44.6 Å². The summed E-state index contributed by atoms with van der Waals surface area (Å²) in [6.45, 7) is 0.645. The van der Waals surface area contributed by atoms with E-state index in [2.05, 4.69) is 23.5 Å². The number of methoxy groups -OCH3 is 2. The number of carbonyl (C=O) groups is 2. The fourth-order valence-corrected chi connectivity index (χ4v) is 2.94. The first-order chi connectivity index (χ1) is 13.3. The fraction of sp³-hybridized carbons (Fsp3) is 0.300. The molecule has 2 aromatic rings. The zero-order valence-electron chi connectivity index (χ0n) is 15.7. The minimum absolute atomic E-state index is 0.0336. The van der Waals surface area contributed by atoms with E-state index in [1.807, 2.05) is 12.1 Å². The second-order valence-corrected chi connectivity index (χ2v) is 6.15. The molecule has 150 valence electrons. The molecule has 0 heterocycles. The number of nitrogens with one attached hydrogen (secondary N) is 1. The zero-order chi connectivity index (χ0) is 20.7. The van der Waals surface area contributed by atoms with Crippen molar-refractivity contribution in [1.82, 2.24) is 0 Å². The standard InChI is InChI=1S/C18H21NO3.C2H2O4/c1-21-16-8-12(9-17(22-2)18(16)20)11-19-15-7-6-13-4-3-5-14(13)10-15;3-1(4)2(5)6/h6-10,19-20H,3-5,11H2,1-2H3;(H,3,4)(H,5,6). The van der Waals surface area contributed by atoms with Crippen LogP contribution in [-0.4, -0.2) is 41.5 Å². The van der Waals surface area contributed by atoms with Crippen LogP contribution >= 0.6 is 0 Å². The predicted octanol–water partition coefficient (Wildman–Crippen LogP) is 2.67. The Balaban J connectivity index is 0.000000409. The van der Waals surface area contributed by atoms with Crippen LogP contribution in [0.2, 0.25) is 0 Å². The first kappa shape index (κ1) is 20.9. The Morgan fingerprint density at radius 2 is 1.54 bits per heavy atom. The number of fused-ring (bicyclic) bond motifs is 1. The molecular weight excluding hydrogens is 366 g/mol. The molecule has 28 heavy (non-hydrogen) atoms. The second-order valence-electron chi connectivity index (χ2n) is 6.15. The largest absolute Gasteiger partial charge is 0.502 e. The molecule has 0 spiro atoms. The monoisotopic (exact) mass is 389 g/mol. The Labute approximate surface area is 162 Å². The number of benzene rings is 2. The number of ether oxygens (including phenoxy) is 2. The number of phenols is 1. The molecule has 0 saturated heterocycles. The number of phenolic OH excluding ortho intramolecular Hbond substituents is 1. The summed E-state index contributed by atoms with van der Waals surface area (Å²) in [5.41, 5.74) is 5.03. The molecule has 0 fully saturated rings. The van der Waals surface area contributed by atoms with Gasteiger partial charge in [-0.1, -0.05) is 6.07 Å². The topological polar surface area (TPSA) is 125 Å². The second kappa shape index (κ2) is 9.50. The Kier molecular flexibility index (Phi) is 7.08. The number of hydrogen-bond acceptors (Lipinski definition) is 6. The van der Waals surface area contributed by atoms with Crippen LogP contribution in [0.3, 0.4) is 0 Å². The van der Waals surface area contributed by atoms with Crippen molar-refractivity contribution in [2.24, 2.45) is 0 Å². The molecule has 1 aliphatic rings. The normalized spacial score (nSPS) is 11.6. The molecule has 0 aromatic heterocycles. The minimum Gasteiger partial charge on any atom is -0.502 e. The highest BCUT2D eigenvalue weighted by Crippen LogP contribution is 2.37. The third-order valence-corrected chi connectivity index (χ3v) is 4.32. The van der Waals surface area contributed by atoms with Gasteiger partial charge in [-0.25, -0.2) is 9.59 Å². The lowest BCUT2D eigenvalue weighted by Gasteiger charge is -2.13. The average Bonchev–Trinajstić information content (AvgIpc) is 3.15. The van der Waals surface area contributed by atoms with E-state index in [4.69, 9.17) is 29.3 Å². The highest BCUT2D eigenvalue weighted by atomic mass is 16.5. The smallest absolute Gasteiger partial charge is 0.414 e. The van der Waals surface area contributed by atoms with E-state index < -0.39 is 11.9 Å². The number of carboxylic acids is 2. The van der Waals surface area contributed by atoms with Gasteiger partial charge in [-0.15, -0.1) is 0 Å². The molecule has 1 aliphatic carbocycles. The third-order valence-electron chi connectivity index (χ3n) is 4.32. The van der Waals surface area contributed by atoms with E-state index >= 15 is 0 Å². The van der Waals surface area contributed by atoms with Crippen LogP contribution < -0.4 is 14.8 Å². The van der Waals surface area contributed by atoms with Gasteiger partial charge in [-0.3, -0.25) is 0 Å². The van der Waals surface area contributed by atoms with Gasteiger partial charge < -0.3 is 30.1 Å². The van der Waals surface area contributed by atoms with Gasteiger partial charge in [0.2, 0.25) is 5.75 Å². The van der Waals surface area contributed by atoms with Crippen molar-refractivity contribution < 1.29 is 34.4 Å². The highest BCUT2D eigenvalue weighted by Gasteiger charge is 2.12. The lowest BCUT2D eigenvalue weighted by molar-refractivity contribution is -0.159. The molecule has 0 bridgehead atoms. The van der Waals surface area contributed by atoms with Gasteiger partial charge in [0, 0.05) is 12.2 Å². The summed E-state index contributed by atoms with van der Waals surface area (Å²) in [7, 11) is 3.07. The molecule has 0 atom stereocenters. The quantitative estimate of drug-likeness (QED) is 0.575. The Hall–Kier alpha value is -3.42. The summed E-state index contributed by atoms with van der Waals surface area (Å²) in [4.78, 5) is 18.2. The predicted molar refractivity (Wildman–Crippen MR) is 102 cm³/mol. The maximum atomic E-state index is 9.93. The van der Waals surface area contributed by atoms with Crippen molar-refractivity contribution in [1.29, 1.82) is 0 Å². The first-order valence-electron chi connectivity index (χ1n) is 8.61. The maximum Gasteiger partial charge on any atom is 0.414 e. The van der Waals surface area contributed by atoms with Gasteiger partial charge in [0.25, 0.3) is 0 Å². The molecule has 0 radical (unpaired) electrons. The number of anilines is 1. The Morgan fingerprint density at radius 3 is 2.07 bits per heavy atom. The van der Waals surface area contributed by atoms with Crippen molar-refractivity contribution in [3.8, 4) is 17.2 Å². The number of rotatable bonds is 5. The van der Waals surface area contributed by atoms with E-state index in [0.717, 1.165) is 11.3 Å². The summed E-state index contributed by atoms with van der Waals surface area (Å²) in [5.74, 6) is -2.77. The van der Waals surface area contributed by atoms with Crippen LogP contribution in [0.1, 0.15) is 23.1 Å². The van der Waals surface area contributed by atoms with Gasteiger partial charge >= 0.3 is 11.9 Å². The maximum absolute atomic E-state index is 9.93. The number of aryl methyl sites for hydroxylation is 2. The van der Waals surface area contributed by atoms with E-state index in [0.29, 0.717) is 18.0 Å². The van der Waals surface area contributed by atoms with Crippen molar-refractivity contribution in [3.63, 3.8) is 0 Å². The lowest BCUT2D eigenvalue weighted by atomic mass is 10.1. The first-order valence-corrected chi connectivity index (χ1v) is 8.61. The number of carboxylic acid groups (broad SMARTS) is 2. The van der Waals surface area contributed by atoms with Crippen molar-refractivity contribution in [3.05, 3.63) is 47.0 Å². The van der Waals surface area contributed by atoms with Crippen molar-refractivity contribution in [2.45, 2.75) is 25.8 Å². The van der Waals surface area contributed by atoms with Crippen molar-refractivity contribution in [2.75, 3.05) is 19.5 Å². The molecule has 8 heteroatoms. The number of aromatic hydroxyl groups is 1. The van der Waals surface area contributed by atoms with Crippen LogP contribution in [0.25, 0.3) is 0 Å². The number of hydrogen-bond donors (Lipinski definition) is 4. The summed E-state index contributed by atoms with van der Waals surface area (Å²) in [6.07, 6.45) is 3.62. The summed E-state index contributed by atoms with van der Waals surface area (Å²) in [5, 5.41) is 28.1. The van der Waals surface area contributed by atoms with Crippen LogP contribution in [0.5, 0.6) is 17.2 Å². The number of aliphatic carboxylic acids is 2. The SMILES string of the molecule is COc1cc(CNc2ccc3c(c2)CCC3)cc(OC)c1O.O=C(O)C(=O)O. The lowest BCUT2D eigenvalue weighted by Crippen LogP contribution is -2.09. The molecule has 0 aliphatic heterocycles. The molecule has 0 saturated carbocycles. The van der Waals surface area contributed by atoms with Crippen LogP contribution in [0, 0.1) is 0 Å². The molecule has 0 unspecified atom stereocenters. The summed E-state index contributed by atoms with van der Waals surface area (Å²) >= 11 is 0. The average molecular weight is 389 g/mol. The summed E-state index contributed by atoms with van der Waals surface area (Å²) < 4.78 is 10.4. The van der Waals surface area contributed by atoms with Crippen LogP contribution in [0.4, 0.5) is 5.69 Å². The fourth-order valence-electron chi connectivity index (χ4n) is 2.94. The molecule has 3 rings (SSSR count). The molecule has 0 amide bonds. The van der Waals surface area contributed by atoms with Gasteiger partial charge in [-0.2, -0.15) is 0 Å². The van der Waals surface area contributed by atoms with Gasteiger partial charge in [0.05, 0.1) is 14.2 Å². The molecule has 4 N–H and O–H groups in total. The minimum atomic E-state index is -1.82. The summed E-state index contributed by atoms with van der Waals surface area (Å²) in [6, 6.07) is 10.2. The van der Waals surface area contributed by atoms with Crippen molar-refractivity contribution >= 4 is 17.6 Å². The Morgan fingerprint density at radius 1 is 0.964 bits per heavy atom. The van der Waals surface area contributed by atoms with E-state index in [-0.39, 0.29) is 5.75 Å². The van der Waals surface area contributed by atoms with Crippen LogP contribution in [-0.2, 0) is 29.0 Å². The third kappa shape index (κ3) is 5.29. The van der Waals surface area contributed by atoms with Gasteiger partial charge in [-0.05, 0) is 60.2 Å². The highest BCUT2D eigenvalue weighted by molar-refractivity contribution is 6.27.